The van der Waals surface area contributed by atoms with Gasteiger partial charge in [0.25, 0.3) is 0 Å². The van der Waals surface area contributed by atoms with Gasteiger partial charge in [0, 0.05) is 28.0 Å². The Bertz CT molecular complexity index is 1750. The number of nitrogens with one attached hydrogen (secondary N) is 1. The summed E-state index contributed by atoms with van der Waals surface area (Å²) < 4.78 is 5.32. The molecule has 0 saturated carbocycles. The van der Waals surface area contributed by atoms with E-state index in [1.807, 2.05) is 65.7 Å². The number of para-hydroxylation sites is 1. The molecule has 0 unspecified atom stereocenters. The first-order chi connectivity index (χ1) is 19.9. The van der Waals surface area contributed by atoms with E-state index in [1.54, 1.807) is 55.6 Å². The van der Waals surface area contributed by atoms with Gasteiger partial charge in [-0.05, 0) is 77.4 Å². The summed E-state index contributed by atoms with van der Waals surface area (Å²) in [5.74, 6) is -1.26. The van der Waals surface area contributed by atoms with E-state index in [2.05, 4.69) is 5.32 Å². The summed E-state index contributed by atoms with van der Waals surface area (Å²) in [6, 6.07) is 27.3. The van der Waals surface area contributed by atoms with Crippen molar-refractivity contribution in [1.82, 2.24) is 4.90 Å². The number of anilines is 1. The lowest BCUT2D eigenvalue weighted by Gasteiger charge is -2.38. The van der Waals surface area contributed by atoms with Gasteiger partial charge < -0.3 is 15.0 Å². The number of rotatable bonds is 5. The molecule has 4 aromatic rings. The molecular weight excluding hydrogens is 536 g/mol. The Morgan fingerprint density at radius 1 is 0.854 bits per heavy atom. The first-order valence-corrected chi connectivity index (χ1v) is 13.8. The normalized spacial score (nSPS) is 23.5. The first kappa shape index (κ1) is 25.3. The fourth-order valence-corrected chi connectivity index (χ4v) is 7.01. The van der Waals surface area contributed by atoms with Crippen LogP contribution in [0, 0.1) is 5.92 Å². The average molecular weight is 561 g/mol. The number of amides is 1. The standard InChI is InChI=1S/C34H25ClN2O4/c1-41-24-16-12-21(13-17-24)30(38)28-29(31(39)22-10-14-23(35)15-11-22)37-19-18-20-6-2-3-7-25(20)32(37)34(28)26-8-4-5-9-27(26)36-33(34)40/h2-19,28-29,32H,1H3,(H,36,40)/t28-,29-,32+,34+/m0/s1. The van der Waals surface area contributed by atoms with Crippen molar-refractivity contribution in [2.75, 3.05) is 12.4 Å². The van der Waals surface area contributed by atoms with Crippen LogP contribution < -0.4 is 10.1 Å². The van der Waals surface area contributed by atoms with E-state index >= 15 is 0 Å². The minimum Gasteiger partial charge on any atom is -0.497 e. The Morgan fingerprint density at radius 3 is 2.27 bits per heavy atom. The van der Waals surface area contributed by atoms with Gasteiger partial charge >= 0.3 is 0 Å². The van der Waals surface area contributed by atoms with Crippen LogP contribution >= 0.6 is 11.6 Å². The number of nitrogens with zero attached hydrogens (tertiary/aromatic N) is 1. The Morgan fingerprint density at radius 2 is 1.51 bits per heavy atom. The van der Waals surface area contributed by atoms with Crippen molar-refractivity contribution in [2.24, 2.45) is 5.92 Å². The number of carbonyl (C=O) groups is 3. The maximum absolute atomic E-state index is 14.8. The van der Waals surface area contributed by atoms with Crippen molar-refractivity contribution >= 4 is 40.8 Å². The molecule has 4 aromatic carbocycles. The minimum absolute atomic E-state index is 0.253. The third kappa shape index (κ3) is 3.60. The molecule has 6 nitrogen and oxygen atoms in total. The molecule has 4 atom stereocenters. The second-order valence-corrected chi connectivity index (χ2v) is 11.0. The zero-order valence-corrected chi connectivity index (χ0v) is 22.8. The second kappa shape index (κ2) is 9.46. The van der Waals surface area contributed by atoms with Gasteiger partial charge in [0.15, 0.2) is 11.6 Å². The zero-order valence-electron chi connectivity index (χ0n) is 22.1. The van der Waals surface area contributed by atoms with Crippen molar-refractivity contribution in [3.63, 3.8) is 0 Å². The summed E-state index contributed by atoms with van der Waals surface area (Å²) in [5.41, 5.74) is 2.64. The molecule has 3 heterocycles. The molecule has 1 fully saturated rings. The van der Waals surface area contributed by atoms with Crippen LogP contribution in [0.1, 0.15) is 43.4 Å². The molecular formula is C34H25ClN2O4. The second-order valence-electron chi connectivity index (χ2n) is 10.5. The van der Waals surface area contributed by atoms with Gasteiger partial charge in [0.1, 0.15) is 17.2 Å². The number of ketones is 2. The molecule has 7 rings (SSSR count). The monoisotopic (exact) mass is 560 g/mol. The molecule has 1 spiro atoms. The number of hydrogen-bond donors (Lipinski definition) is 1. The highest BCUT2D eigenvalue weighted by Crippen LogP contribution is 2.62. The molecule has 0 radical (unpaired) electrons. The van der Waals surface area contributed by atoms with Crippen LogP contribution in [0.5, 0.6) is 5.75 Å². The van der Waals surface area contributed by atoms with Gasteiger partial charge in [-0.25, -0.2) is 0 Å². The van der Waals surface area contributed by atoms with E-state index in [4.69, 9.17) is 16.3 Å². The summed E-state index contributed by atoms with van der Waals surface area (Å²) in [6.07, 6.45) is 3.81. The number of fused-ring (bicyclic) bond motifs is 6. The zero-order chi connectivity index (χ0) is 28.3. The fraction of sp³-hybridized carbons (Fsp3) is 0.147. The largest absolute Gasteiger partial charge is 0.497 e. The van der Waals surface area contributed by atoms with Gasteiger partial charge in [-0.1, -0.05) is 54.1 Å². The van der Waals surface area contributed by atoms with E-state index < -0.39 is 23.4 Å². The van der Waals surface area contributed by atoms with E-state index in [1.165, 1.54) is 0 Å². The summed E-state index contributed by atoms with van der Waals surface area (Å²) >= 11 is 6.15. The Hall–Kier alpha value is -4.68. The minimum atomic E-state index is -1.37. The Kier molecular flexibility index (Phi) is 5.84. The molecule has 7 heteroatoms. The lowest BCUT2D eigenvalue weighted by atomic mass is 9.62. The average Bonchev–Trinajstić information content (AvgIpc) is 3.49. The molecule has 202 valence electrons. The molecule has 3 aliphatic rings. The van der Waals surface area contributed by atoms with Crippen LogP contribution in [0.25, 0.3) is 6.08 Å². The maximum atomic E-state index is 14.8. The number of carbonyl (C=O) groups excluding carboxylic acids is 3. The summed E-state index contributed by atoms with van der Waals surface area (Å²) in [5, 5.41) is 3.57. The number of benzene rings is 4. The lowest BCUT2D eigenvalue weighted by Crippen LogP contribution is -2.49. The number of halogens is 1. The van der Waals surface area contributed by atoms with Gasteiger partial charge in [-0.2, -0.15) is 0 Å². The molecule has 1 saturated heterocycles. The van der Waals surface area contributed by atoms with Crippen molar-refractivity contribution in [2.45, 2.75) is 17.5 Å². The molecule has 3 aliphatic heterocycles. The van der Waals surface area contributed by atoms with Crippen LogP contribution in [0.4, 0.5) is 5.69 Å². The number of ether oxygens (including phenoxy) is 1. The van der Waals surface area contributed by atoms with E-state index in [-0.39, 0.29) is 17.5 Å². The maximum Gasteiger partial charge on any atom is 0.238 e. The first-order valence-electron chi connectivity index (χ1n) is 13.4. The summed E-state index contributed by atoms with van der Waals surface area (Å²) in [4.78, 5) is 45.7. The van der Waals surface area contributed by atoms with Gasteiger partial charge in [-0.3, -0.25) is 14.4 Å². The summed E-state index contributed by atoms with van der Waals surface area (Å²) in [6.45, 7) is 0. The SMILES string of the molecule is COc1ccc(C(=O)[C@@H]2[C@@H](C(=O)c3ccc(Cl)cc3)N3C=Cc4ccccc4[C@@H]3[C@]23C(=O)Nc2ccccc23)cc1. The highest BCUT2D eigenvalue weighted by Gasteiger charge is 2.70. The van der Waals surface area contributed by atoms with Crippen LogP contribution in [0.3, 0.4) is 0 Å². The van der Waals surface area contributed by atoms with E-state index in [0.717, 1.165) is 11.1 Å². The van der Waals surface area contributed by atoms with Crippen molar-refractivity contribution in [3.8, 4) is 5.75 Å². The van der Waals surface area contributed by atoms with Crippen LogP contribution in [-0.2, 0) is 10.2 Å². The number of hydrogen-bond acceptors (Lipinski definition) is 5. The fourth-order valence-electron chi connectivity index (χ4n) is 6.89. The van der Waals surface area contributed by atoms with E-state index in [0.29, 0.717) is 33.1 Å². The highest BCUT2D eigenvalue weighted by molar-refractivity contribution is 6.30. The third-order valence-corrected chi connectivity index (χ3v) is 8.88. The quantitative estimate of drug-likeness (QED) is 0.289. The predicted octanol–water partition coefficient (Wildman–Crippen LogP) is 6.33. The Labute approximate surface area is 242 Å². The molecule has 0 aromatic heterocycles. The molecule has 1 N–H and O–H groups in total. The smallest absolute Gasteiger partial charge is 0.238 e. The van der Waals surface area contributed by atoms with Crippen molar-refractivity contribution in [3.05, 3.63) is 136 Å². The number of methoxy groups -OCH3 is 1. The van der Waals surface area contributed by atoms with Crippen LogP contribution in [-0.4, -0.2) is 35.5 Å². The van der Waals surface area contributed by atoms with Crippen molar-refractivity contribution in [1.29, 1.82) is 0 Å². The highest BCUT2D eigenvalue weighted by atomic mass is 35.5. The van der Waals surface area contributed by atoms with Gasteiger partial charge in [-0.15, -0.1) is 0 Å². The van der Waals surface area contributed by atoms with Crippen molar-refractivity contribution < 1.29 is 19.1 Å². The molecule has 0 aliphatic carbocycles. The molecule has 0 bridgehead atoms. The predicted molar refractivity (Wildman–Crippen MR) is 157 cm³/mol. The van der Waals surface area contributed by atoms with E-state index in [9.17, 15) is 14.4 Å². The summed E-state index contributed by atoms with van der Waals surface area (Å²) in [7, 11) is 1.56. The van der Waals surface area contributed by atoms with Gasteiger partial charge in [0.05, 0.1) is 19.1 Å². The molecule has 41 heavy (non-hydrogen) atoms. The Balaban J connectivity index is 1.52. The topological polar surface area (TPSA) is 75.7 Å². The third-order valence-electron chi connectivity index (χ3n) is 8.62. The van der Waals surface area contributed by atoms with Crippen LogP contribution in [0.15, 0.2) is 103 Å². The lowest BCUT2D eigenvalue weighted by molar-refractivity contribution is -0.122. The number of Topliss-reactive ketones (excluding diaryl/α,β-unsaturated/α-hetero) is 2. The van der Waals surface area contributed by atoms with Gasteiger partial charge in [0.2, 0.25) is 5.91 Å². The van der Waals surface area contributed by atoms with Crippen LogP contribution in [0.2, 0.25) is 5.02 Å². The molecule has 1 amide bonds.